The summed E-state index contributed by atoms with van der Waals surface area (Å²) in [6.45, 7) is 9.57. The van der Waals surface area contributed by atoms with Gasteiger partial charge in [-0.25, -0.2) is 13.1 Å². The minimum absolute atomic E-state index is 0.0359. The lowest BCUT2D eigenvalue weighted by molar-refractivity contribution is 0.239. The van der Waals surface area contributed by atoms with Crippen LogP contribution in [-0.2, 0) is 10.0 Å². The highest BCUT2D eigenvalue weighted by Gasteiger charge is 2.23. The fourth-order valence-electron chi connectivity index (χ4n) is 4.03. The van der Waals surface area contributed by atoms with Crippen molar-refractivity contribution < 1.29 is 17.9 Å². The Hall–Kier alpha value is -3.12. The highest BCUT2D eigenvalue weighted by Crippen LogP contribution is 2.31. The Morgan fingerprint density at radius 1 is 1.08 bits per heavy atom. The number of aliphatic hydroxyl groups excluding tert-OH is 1. The van der Waals surface area contributed by atoms with E-state index in [1.54, 1.807) is 32.0 Å². The number of sulfonamides is 1. The first-order valence-corrected chi connectivity index (χ1v) is 13.8. The second-order valence-electron chi connectivity index (χ2n) is 9.10. The number of anilines is 1. The van der Waals surface area contributed by atoms with Crippen LogP contribution in [0.2, 0.25) is 0 Å². The number of nitrogens with one attached hydrogen (secondary N) is 1. The van der Waals surface area contributed by atoms with Gasteiger partial charge in [0.05, 0.1) is 0 Å². The molecule has 1 atom stereocenters. The van der Waals surface area contributed by atoms with Crippen LogP contribution in [0.3, 0.4) is 0 Å². The van der Waals surface area contributed by atoms with Crippen LogP contribution in [0.4, 0.5) is 5.69 Å². The zero-order chi connectivity index (χ0) is 26.3. The van der Waals surface area contributed by atoms with E-state index < -0.39 is 14.9 Å². The first-order chi connectivity index (χ1) is 17.2. The van der Waals surface area contributed by atoms with Gasteiger partial charge in [0.25, 0.3) is 10.0 Å². The van der Waals surface area contributed by atoms with Crippen molar-refractivity contribution in [2.45, 2.75) is 40.5 Å². The number of allylic oxidation sites excluding steroid dienone is 2. The first kappa shape index (κ1) is 27.5. The predicted molar refractivity (Wildman–Crippen MR) is 146 cm³/mol. The maximum Gasteiger partial charge on any atom is 0.251 e. The molecule has 0 aliphatic carbocycles. The highest BCUT2D eigenvalue weighted by molar-refractivity contribution is 7.93. The van der Waals surface area contributed by atoms with Crippen molar-refractivity contribution in [1.82, 2.24) is 4.72 Å². The monoisotopic (exact) mass is 509 g/mol. The number of hydrogen-bond acceptors (Lipinski definition) is 6. The molecule has 0 saturated heterocycles. The van der Waals surface area contributed by atoms with Gasteiger partial charge in [0, 0.05) is 43.1 Å². The molecular weight excluding hydrogens is 474 g/mol. The van der Waals surface area contributed by atoms with Crippen LogP contribution in [0.5, 0.6) is 0 Å². The Labute approximate surface area is 214 Å². The summed E-state index contributed by atoms with van der Waals surface area (Å²) in [5, 5.41) is 20.9. The van der Waals surface area contributed by atoms with Crippen molar-refractivity contribution in [1.29, 1.82) is 5.26 Å². The zero-order valence-corrected chi connectivity index (χ0v) is 22.2. The van der Waals surface area contributed by atoms with Crippen molar-refractivity contribution in [3.8, 4) is 17.4 Å². The summed E-state index contributed by atoms with van der Waals surface area (Å²) in [6.07, 6.45) is 2.19. The van der Waals surface area contributed by atoms with E-state index in [1.807, 2.05) is 12.1 Å². The third-order valence-electron chi connectivity index (χ3n) is 6.08. The van der Waals surface area contributed by atoms with E-state index in [0.29, 0.717) is 11.5 Å². The predicted octanol–water partition coefficient (Wildman–Crippen LogP) is 5.53. The normalized spacial score (nSPS) is 13.3. The van der Waals surface area contributed by atoms with E-state index in [1.165, 1.54) is 5.69 Å². The third-order valence-corrected chi connectivity index (χ3v) is 7.56. The summed E-state index contributed by atoms with van der Waals surface area (Å²) < 4.78 is 33.7. The van der Waals surface area contributed by atoms with E-state index >= 15 is 0 Å². The molecule has 2 N–H and O–H groups in total. The average Bonchev–Trinajstić information content (AvgIpc) is 3.37. The lowest BCUT2D eigenvalue weighted by Gasteiger charge is -2.24. The zero-order valence-electron chi connectivity index (χ0n) is 21.4. The summed E-state index contributed by atoms with van der Waals surface area (Å²) in [4.78, 5) is 2.00. The number of rotatable bonds is 12. The number of benzene rings is 2. The summed E-state index contributed by atoms with van der Waals surface area (Å²) in [7, 11) is -4.04. The number of nitrogens with zero attached hydrogens (tertiary/aromatic N) is 2. The Morgan fingerprint density at radius 2 is 1.75 bits per heavy atom. The van der Waals surface area contributed by atoms with Gasteiger partial charge in [0.2, 0.25) is 0 Å². The van der Waals surface area contributed by atoms with E-state index in [-0.39, 0.29) is 24.6 Å². The minimum atomic E-state index is -4.04. The number of fused-ring (bicyclic) bond motifs is 1. The molecule has 0 bridgehead atoms. The SMILES string of the molecule is CCCN(CCC)c1ccc2cc(-c3ccc(/C(C)=C(\C#N)S(=O)(=O)NCC(C)CO)o3)ccc2c1. The van der Waals surface area contributed by atoms with Gasteiger partial charge in [-0.1, -0.05) is 39.0 Å². The van der Waals surface area contributed by atoms with Gasteiger partial charge in [-0.05, 0) is 66.8 Å². The molecule has 0 saturated carbocycles. The highest BCUT2D eigenvalue weighted by atomic mass is 32.2. The molecular formula is C28H35N3O4S. The fraction of sp³-hybridized carbons (Fsp3) is 0.393. The van der Waals surface area contributed by atoms with Crippen LogP contribution in [0, 0.1) is 17.2 Å². The summed E-state index contributed by atoms with van der Waals surface area (Å²) in [6, 6.07) is 17.8. The Balaban J connectivity index is 1.89. The van der Waals surface area contributed by atoms with Crippen molar-refractivity contribution >= 4 is 32.1 Å². The van der Waals surface area contributed by atoms with Crippen LogP contribution in [0.25, 0.3) is 27.7 Å². The van der Waals surface area contributed by atoms with Crippen molar-refractivity contribution in [3.05, 3.63) is 59.2 Å². The number of furan rings is 1. The smallest absolute Gasteiger partial charge is 0.251 e. The molecule has 1 aromatic heterocycles. The van der Waals surface area contributed by atoms with Crippen LogP contribution in [0.1, 0.15) is 46.3 Å². The molecule has 192 valence electrons. The molecule has 7 nitrogen and oxygen atoms in total. The molecule has 0 spiro atoms. The van der Waals surface area contributed by atoms with Crippen LogP contribution >= 0.6 is 0 Å². The second kappa shape index (κ2) is 12.2. The summed E-state index contributed by atoms with van der Waals surface area (Å²) in [5.74, 6) is 0.637. The topological polar surface area (TPSA) is 107 Å². The van der Waals surface area contributed by atoms with Gasteiger partial charge in [-0.3, -0.25) is 0 Å². The Bertz CT molecular complexity index is 1360. The van der Waals surface area contributed by atoms with Gasteiger partial charge in [-0.2, -0.15) is 5.26 Å². The molecule has 0 amide bonds. The largest absolute Gasteiger partial charge is 0.456 e. The van der Waals surface area contributed by atoms with Gasteiger partial charge < -0.3 is 14.4 Å². The van der Waals surface area contributed by atoms with Gasteiger partial charge in [0.1, 0.15) is 17.6 Å². The van der Waals surface area contributed by atoms with Crippen LogP contribution in [-0.4, -0.2) is 39.8 Å². The molecule has 0 aliphatic rings. The number of aliphatic hydroxyl groups is 1. The first-order valence-electron chi connectivity index (χ1n) is 12.3. The summed E-state index contributed by atoms with van der Waals surface area (Å²) in [5.41, 5.74) is 2.31. The van der Waals surface area contributed by atoms with E-state index in [2.05, 4.69) is 47.7 Å². The molecule has 0 aliphatic heterocycles. The van der Waals surface area contributed by atoms with Crippen LogP contribution < -0.4 is 9.62 Å². The molecule has 8 heteroatoms. The second-order valence-corrected chi connectivity index (χ2v) is 10.8. The minimum Gasteiger partial charge on any atom is -0.456 e. The van der Waals surface area contributed by atoms with Crippen molar-refractivity contribution in [3.63, 3.8) is 0 Å². The van der Waals surface area contributed by atoms with Crippen molar-refractivity contribution in [2.75, 3.05) is 31.1 Å². The molecule has 1 unspecified atom stereocenters. The molecule has 3 rings (SSSR count). The van der Waals surface area contributed by atoms with Crippen molar-refractivity contribution in [2.24, 2.45) is 5.92 Å². The molecule has 2 aromatic carbocycles. The maximum atomic E-state index is 12.7. The molecule has 0 radical (unpaired) electrons. The van der Waals surface area contributed by atoms with Gasteiger partial charge >= 0.3 is 0 Å². The van der Waals surface area contributed by atoms with Gasteiger partial charge in [-0.15, -0.1) is 0 Å². The quantitative estimate of drug-likeness (QED) is 0.311. The number of hydrogen-bond donors (Lipinski definition) is 2. The van der Waals surface area contributed by atoms with E-state index in [4.69, 9.17) is 9.52 Å². The molecule has 36 heavy (non-hydrogen) atoms. The Morgan fingerprint density at radius 3 is 2.39 bits per heavy atom. The molecule has 0 fully saturated rings. The fourth-order valence-corrected chi connectivity index (χ4v) is 5.31. The standard InChI is InChI=1S/C28H35N3O4S/c1-5-13-31(14-6-2)25-10-9-22-15-24(8-7-23(22)16-25)27-12-11-26(35-27)21(4)28(17-29)36(33,34)30-18-20(3)19-32/h7-12,15-16,20,30,32H,5-6,13-14,18-19H2,1-4H3/b28-21+. The van der Waals surface area contributed by atoms with E-state index in [9.17, 15) is 13.7 Å². The Kier molecular flexibility index (Phi) is 9.32. The van der Waals surface area contributed by atoms with Gasteiger partial charge in [0.15, 0.2) is 4.91 Å². The molecule has 3 aromatic rings. The van der Waals surface area contributed by atoms with E-state index in [0.717, 1.165) is 42.3 Å². The van der Waals surface area contributed by atoms with Crippen LogP contribution in [0.15, 0.2) is 57.9 Å². The maximum absolute atomic E-state index is 12.7. The average molecular weight is 510 g/mol. The lowest BCUT2D eigenvalue weighted by Crippen LogP contribution is -2.30. The lowest BCUT2D eigenvalue weighted by atomic mass is 10.0. The number of nitriles is 1. The third kappa shape index (κ3) is 6.35. The molecule has 1 heterocycles. The summed E-state index contributed by atoms with van der Waals surface area (Å²) >= 11 is 0.